The van der Waals surface area contributed by atoms with Gasteiger partial charge in [-0.2, -0.15) is 0 Å². The summed E-state index contributed by atoms with van der Waals surface area (Å²) in [5.41, 5.74) is 12.0. The van der Waals surface area contributed by atoms with Crippen molar-refractivity contribution in [2.45, 2.75) is 39.0 Å². The van der Waals surface area contributed by atoms with Crippen LogP contribution in [0.2, 0.25) is 0 Å². The molecule has 58 heavy (non-hydrogen) atoms. The van der Waals surface area contributed by atoms with Gasteiger partial charge in [0, 0.05) is 22.7 Å². The van der Waals surface area contributed by atoms with Gasteiger partial charge in [0.15, 0.2) is 0 Å². The second-order valence-corrected chi connectivity index (χ2v) is 16.2. The maximum absolute atomic E-state index is 2.51. The number of hydrogen-bond donors (Lipinski definition) is 0. The number of hydrogen-bond acceptors (Lipinski definition) is 1. The smallest absolute Gasteiger partial charge is 0.0546 e. The van der Waals surface area contributed by atoms with Gasteiger partial charge < -0.3 is 4.90 Å². The molecule has 0 spiro atoms. The van der Waals surface area contributed by atoms with Crippen LogP contribution < -0.4 is 15.3 Å². The number of rotatable bonds is 6. The highest BCUT2D eigenvalue weighted by Crippen LogP contribution is 2.45. The van der Waals surface area contributed by atoms with E-state index in [4.69, 9.17) is 0 Å². The van der Waals surface area contributed by atoms with Crippen molar-refractivity contribution in [3.05, 3.63) is 221 Å². The van der Waals surface area contributed by atoms with Gasteiger partial charge in [-0.1, -0.05) is 164 Å². The number of allylic oxidation sites excluding steroid dienone is 8. The molecule has 3 aliphatic carbocycles. The molecule has 1 heteroatoms. The highest BCUT2D eigenvalue weighted by Gasteiger charge is 2.30. The standard InChI is InChI=1S/C57H45N/c1-38-19-11-18-32-53(38)58(54-35-42-26-12-13-27-44(42)45-28-14-16-30-47(45)54)43-33-34-49-52(36-43)46-29-15-17-31-48(46)56-51(40-22-7-3-8-23-40)37-50(39-20-5-2-6-21-39)55(57(49)56)41-24-9-4-10-25-41/h3-5,7,9-22,24-36,50H,2,6,8,23,37H2,1H3. The normalized spacial score (nSPS) is 16.5. The molecule has 0 heterocycles. The van der Waals surface area contributed by atoms with Crippen molar-refractivity contribution in [2.24, 2.45) is 5.92 Å². The van der Waals surface area contributed by atoms with Crippen LogP contribution in [0.25, 0.3) is 54.2 Å². The summed E-state index contributed by atoms with van der Waals surface area (Å²) in [7, 11) is 0. The molecule has 11 rings (SSSR count). The highest BCUT2D eigenvalue weighted by molar-refractivity contribution is 6.16. The average molecular weight is 744 g/mol. The molecule has 1 unspecified atom stereocenters. The van der Waals surface area contributed by atoms with Crippen LogP contribution in [0.3, 0.4) is 0 Å². The lowest BCUT2D eigenvalue weighted by Gasteiger charge is -2.32. The van der Waals surface area contributed by atoms with E-state index in [2.05, 4.69) is 200 Å². The minimum Gasteiger partial charge on any atom is -0.310 e. The molecular weight excluding hydrogens is 699 g/mol. The summed E-state index contributed by atoms with van der Waals surface area (Å²) in [4.78, 5) is 2.51. The molecule has 0 saturated carbocycles. The molecule has 1 nitrogen and oxygen atoms in total. The minimum absolute atomic E-state index is 0.254. The quantitative estimate of drug-likeness (QED) is 0.153. The van der Waals surface area contributed by atoms with Gasteiger partial charge in [-0.15, -0.1) is 0 Å². The summed E-state index contributed by atoms with van der Waals surface area (Å²) in [5.74, 6) is 0.254. The first-order chi connectivity index (χ1) is 28.7. The van der Waals surface area contributed by atoms with Crippen LogP contribution in [0.5, 0.6) is 0 Å². The fourth-order valence-electron chi connectivity index (χ4n) is 10.2. The second-order valence-electron chi connectivity index (χ2n) is 16.2. The van der Waals surface area contributed by atoms with E-state index in [0.717, 1.165) is 37.8 Å². The minimum atomic E-state index is 0.254. The maximum atomic E-state index is 2.51. The molecule has 0 amide bonds. The van der Waals surface area contributed by atoms with Gasteiger partial charge in [-0.05, 0) is 145 Å². The average Bonchev–Trinajstić information content (AvgIpc) is 3.30. The van der Waals surface area contributed by atoms with E-state index >= 15 is 0 Å². The Kier molecular flexibility index (Phi) is 8.55. The van der Waals surface area contributed by atoms with Crippen LogP contribution in [-0.4, -0.2) is 0 Å². The third-order valence-corrected chi connectivity index (χ3v) is 12.9. The molecule has 0 N–H and O–H groups in total. The Balaban J connectivity index is 1.29. The third kappa shape index (κ3) is 5.68. The van der Waals surface area contributed by atoms with Crippen LogP contribution in [0, 0.1) is 12.8 Å². The predicted octanol–water partition coefficient (Wildman–Crippen LogP) is 14.0. The van der Waals surface area contributed by atoms with E-state index in [9.17, 15) is 0 Å². The van der Waals surface area contributed by atoms with Crippen molar-refractivity contribution in [3.8, 4) is 0 Å². The lowest BCUT2D eigenvalue weighted by Crippen LogP contribution is -2.38. The summed E-state index contributed by atoms with van der Waals surface area (Å²) >= 11 is 0. The van der Waals surface area contributed by atoms with E-state index in [1.54, 1.807) is 0 Å². The number of fused-ring (bicyclic) bond motifs is 9. The van der Waals surface area contributed by atoms with Gasteiger partial charge in [0.05, 0.1) is 5.69 Å². The van der Waals surface area contributed by atoms with Crippen molar-refractivity contribution in [2.75, 3.05) is 4.90 Å². The van der Waals surface area contributed by atoms with Gasteiger partial charge in [0.1, 0.15) is 0 Å². The number of aryl methyl sites for hydroxylation is 1. The molecule has 0 radical (unpaired) electrons. The maximum Gasteiger partial charge on any atom is 0.0546 e. The molecule has 0 fully saturated rings. The fraction of sp³-hybridized carbons (Fsp3) is 0.123. The van der Waals surface area contributed by atoms with Gasteiger partial charge in [-0.3, -0.25) is 0 Å². The fourth-order valence-corrected chi connectivity index (χ4v) is 10.2. The third-order valence-electron chi connectivity index (χ3n) is 12.9. The summed E-state index contributed by atoms with van der Waals surface area (Å²) in [6.07, 6.45) is 19.7. The van der Waals surface area contributed by atoms with E-state index < -0.39 is 0 Å². The Morgan fingerprint density at radius 2 is 1.24 bits per heavy atom. The van der Waals surface area contributed by atoms with Gasteiger partial charge in [0.25, 0.3) is 0 Å². The van der Waals surface area contributed by atoms with Crippen LogP contribution in [0.1, 0.15) is 43.2 Å². The number of anilines is 3. The second kappa shape index (κ2) is 14.4. The molecule has 0 aliphatic heterocycles. The Morgan fingerprint density at radius 1 is 0.534 bits per heavy atom. The molecule has 1 atom stereocenters. The van der Waals surface area contributed by atoms with E-state index in [0.29, 0.717) is 0 Å². The largest absolute Gasteiger partial charge is 0.310 e. The molecule has 8 aromatic carbocycles. The molecule has 0 bridgehead atoms. The van der Waals surface area contributed by atoms with Crippen LogP contribution >= 0.6 is 0 Å². The summed E-state index contributed by atoms with van der Waals surface area (Å²) < 4.78 is 0. The van der Waals surface area contributed by atoms with Crippen LogP contribution in [0.4, 0.5) is 17.1 Å². The highest BCUT2D eigenvalue weighted by atomic mass is 15.1. The molecule has 8 aromatic rings. The SMILES string of the molecule is Cc1ccccc1N(c1ccc2c3c(c4ccccc4c2c1)=C(C1=CC=CCC1)CC(C1=CCCC=C1)C=3c1ccccc1)c1cc2ccccc2c2ccccc12. The van der Waals surface area contributed by atoms with Gasteiger partial charge >= 0.3 is 0 Å². The Bertz CT molecular complexity index is 3210. The predicted molar refractivity (Wildman–Crippen MR) is 249 cm³/mol. The zero-order valence-corrected chi connectivity index (χ0v) is 33.0. The number of benzene rings is 8. The van der Waals surface area contributed by atoms with Crippen molar-refractivity contribution in [3.63, 3.8) is 0 Å². The summed E-state index contributed by atoms with van der Waals surface area (Å²) in [6.45, 7) is 2.24. The topological polar surface area (TPSA) is 3.24 Å². The number of nitrogens with zero attached hydrogens (tertiary/aromatic N) is 1. The first-order valence-corrected chi connectivity index (χ1v) is 21.0. The summed E-state index contributed by atoms with van der Waals surface area (Å²) in [6, 6.07) is 56.8. The van der Waals surface area contributed by atoms with Crippen molar-refractivity contribution >= 4 is 71.3 Å². The Labute approximate surface area is 340 Å². The molecule has 3 aliphatic rings. The van der Waals surface area contributed by atoms with Gasteiger partial charge in [0.2, 0.25) is 0 Å². The van der Waals surface area contributed by atoms with Crippen LogP contribution in [-0.2, 0) is 0 Å². The Hall–Kier alpha value is -6.70. The van der Waals surface area contributed by atoms with E-state index in [1.807, 2.05) is 0 Å². The lowest BCUT2D eigenvalue weighted by atomic mass is 9.72. The zero-order chi connectivity index (χ0) is 38.6. The van der Waals surface area contributed by atoms with Crippen molar-refractivity contribution in [1.29, 1.82) is 0 Å². The lowest BCUT2D eigenvalue weighted by molar-refractivity contribution is 0.785. The van der Waals surface area contributed by atoms with Crippen LogP contribution in [0.15, 0.2) is 199 Å². The van der Waals surface area contributed by atoms with Gasteiger partial charge in [-0.25, -0.2) is 0 Å². The molecule has 0 saturated heterocycles. The Morgan fingerprint density at radius 3 is 2.02 bits per heavy atom. The zero-order valence-electron chi connectivity index (χ0n) is 33.0. The molecule has 278 valence electrons. The van der Waals surface area contributed by atoms with E-state index in [-0.39, 0.29) is 5.92 Å². The first kappa shape index (κ1) is 34.5. The molecule has 0 aromatic heterocycles. The van der Waals surface area contributed by atoms with Crippen molar-refractivity contribution < 1.29 is 0 Å². The van der Waals surface area contributed by atoms with E-state index in [1.165, 1.54) is 98.3 Å². The summed E-state index contributed by atoms with van der Waals surface area (Å²) in [5, 5.41) is 13.1. The molecular formula is C57H45N. The van der Waals surface area contributed by atoms with Crippen molar-refractivity contribution in [1.82, 2.24) is 0 Å². The number of para-hydroxylation sites is 1. The monoisotopic (exact) mass is 743 g/mol. The first-order valence-electron chi connectivity index (χ1n) is 21.0.